The first-order valence-electron chi connectivity index (χ1n) is 10.4. The Hall–Kier alpha value is -3.61. The molecule has 2 aliphatic heterocycles. The van der Waals surface area contributed by atoms with Gasteiger partial charge in [0, 0.05) is 13.6 Å². The highest BCUT2D eigenvalue weighted by atomic mass is 16.2. The lowest BCUT2D eigenvalue weighted by atomic mass is 9.95. The zero-order chi connectivity index (χ0) is 22.0. The number of carbonyl (C=O) groups excluding carboxylic acids is 3. The van der Waals surface area contributed by atoms with Crippen LogP contribution in [-0.4, -0.2) is 54.3 Å². The highest BCUT2D eigenvalue weighted by Gasteiger charge is 2.43. The van der Waals surface area contributed by atoms with Gasteiger partial charge in [0.05, 0.1) is 23.9 Å². The number of aryl methyl sites for hydroxylation is 1. The van der Waals surface area contributed by atoms with Gasteiger partial charge in [0.2, 0.25) is 5.91 Å². The molecule has 2 aromatic carbocycles. The normalized spacial score (nSPS) is 18.2. The van der Waals surface area contributed by atoms with E-state index in [4.69, 9.17) is 0 Å². The third-order valence-electron chi connectivity index (χ3n) is 5.76. The number of benzene rings is 2. The second kappa shape index (κ2) is 8.63. The second-order valence-electron chi connectivity index (χ2n) is 7.96. The van der Waals surface area contributed by atoms with Crippen LogP contribution in [0.3, 0.4) is 0 Å². The van der Waals surface area contributed by atoms with Gasteiger partial charge in [0.15, 0.2) is 0 Å². The molecule has 0 saturated carbocycles. The van der Waals surface area contributed by atoms with Crippen LogP contribution < -0.4 is 10.6 Å². The van der Waals surface area contributed by atoms with Gasteiger partial charge in [-0.15, -0.1) is 0 Å². The molecule has 1 atom stereocenters. The van der Waals surface area contributed by atoms with Gasteiger partial charge < -0.3 is 15.5 Å². The molecule has 2 N–H and O–H groups in total. The number of rotatable bonds is 6. The molecule has 2 aromatic rings. The van der Waals surface area contributed by atoms with Gasteiger partial charge in [-0.05, 0) is 24.5 Å². The predicted molar refractivity (Wildman–Crippen MR) is 117 cm³/mol. The molecule has 0 aromatic heterocycles. The van der Waals surface area contributed by atoms with E-state index < -0.39 is 6.04 Å². The molecule has 0 saturated heterocycles. The average Bonchev–Trinajstić information content (AvgIpc) is 3.08. The summed E-state index contributed by atoms with van der Waals surface area (Å²) in [5.41, 5.74) is 4.27. The van der Waals surface area contributed by atoms with E-state index in [0.717, 1.165) is 23.1 Å². The Morgan fingerprint density at radius 3 is 2.52 bits per heavy atom. The van der Waals surface area contributed by atoms with E-state index in [1.807, 2.05) is 61.5 Å². The Morgan fingerprint density at radius 2 is 1.81 bits per heavy atom. The minimum Gasteiger partial charge on any atom is -0.354 e. The summed E-state index contributed by atoms with van der Waals surface area (Å²) >= 11 is 0. The van der Waals surface area contributed by atoms with Crippen molar-refractivity contribution >= 4 is 17.8 Å². The SMILES string of the molecule is Cc1ccc(C2NC(=O)N(C)C3=C2C(=O)N(CC(=O)NCCc2ccccc2)C3)cc1. The van der Waals surface area contributed by atoms with Crippen LogP contribution in [-0.2, 0) is 16.0 Å². The molecule has 0 fully saturated rings. The topological polar surface area (TPSA) is 81.8 Å². The first-order valence-corrected chi connectivity index (χ1v) is 10.4. The average molecular weight is 418 g/mol. The molecular formula is C24H26N4O3. The summed E-state index contributed by atoms with van der Waals surface area (Å²) in [5.74, 6) is -0.427. The number of likely N-dealkylation sites (N-methyl/N-ethyl adjacent to an activating group) is 1. The van der Waals surface area contributed by atoms with Crippen LogP contribution >= 0.6 is 0 Å². The van der Waals surface area contributed by atoms with Gasteiger partial charge in [-0.1, -0.05) is 60.2 Å². The van der Waals surface area contributed by atoms with Crippen molar-refractivity contribution in [2.75, 3.05) is 26.7 Å². The summed E-state index contributed by atoms with van der Waals surface area (Å²) in [6.45, 7) is 2.69. The van der Waals surface area contributed by atoms with Crippen molar-refractivity contribution in [2.24, 2.45) is 0 Å². The Morgan fingerprint density at radius 1 is 1.10 bits per heavy atom. The third kappa shape index (κ3) is 4.30. The monoisotopic (exact) mass is 418 g/mol. The third-order valence-corrected chi connectivity index (χ3v) is 5.76. The number of nitrogens with one attached hydrogen (secondary N) is 2. The first kappa shape index (κ1) is 20.7. The van der Waals surface area contributed by atoms with Gasteiger partial charge >= 0.3 is 6.03 Å². The van der Waals surface area contributed by atoms with E-state index in [2.05, 4.69) is 10.6 Å². The van der Waals surface area contributed by atoms with Gasteiger partial charge in [-0.2, -0.15) is 0 Å². The number of amides is 4. The van der Waals surface area contributed by atoms with Crippen LogP contribution in [0.25, 0.3) is 0 Å². The maximum Gasteiger partial charge on any atom is 0.322 e. The minimum absolute atomic E-state index is 0.0384. The number of urea groups is 1. The van der Waals surface area contributed by atoms with E-state index in [1.54, 1.807) is 7.05 Å². The van der Waals surface area contributed by atoms with Crippen molar-refractivity contribution in [3.8, 4) is 0 Å². The lowest BCUT2D eigenvalue weighted by Gasteiger charge is -2.31. The summed E-state index contributed by atoms with van der Waals surface area (Å²) in [4.78, 5) is 41.1. The van der Waals surface area contributed by atoms with E-state index in [0.29, 0.717) is 17.8 Å². The maximum absolute atomic E-state index is 13.2. The molecular weight excluding hydrogens is 392 g/mol. The molecule has 4 amide bonds. The predicted octanol–water partition coefficient (Wildman–Crippen LogP) is 2.15. The Balaban J connectivity index is 1.43. The number of nitrogens with zero attached hydrogens (tertiary/aromatic N) is 2. The van der Waals surface area contributed by atoms with Gasteiger partial charge in [-0.25, -0.2) is 4.79 Å². The lowest BCUT2D eigenvalue weighted by molar-refractivity contribution is -0.131. The van der Waals surface area contributed by atoms with Crippen LogP contribution in [0.4, 0.5) is 4.79 Å². The summed E-state index contributed by atoms with van der Waals surface area (Å²) in [7, 11) is 1.65. The minimum atomic E-state index is -0.516. The quantitative estimate of drug-likeness (QED) is 0.754. The summed E-state index contributed by atoms with van der Waals surface area (Å²) in [5, 5.41) is 5.79. The van der Waals surface area contributed by atoms with Crippen molar-refractivity contribution < 1.29 is 14.4 Å². The van der Waals surface area contributed by atoms with Gasteiger partial charge in [-0.3, -0.25) is 14.5 Å². The van der Waals surface area contributed by atoms with Crippen LogP contribution in [0, 0.1) is 6.92 Å². The summed E-state index contributed by atoms with van der Waals surface area (Å²) in [6, 6.07) is 16.9. The Labute approximate surface area is 181 Å². The summed E-state index contributed by atoms with van der Waals surface area (Å²) in [6.07, 6.45) is 0.728. The van der Waals surface area contributed by atoms with E-state index in [-0.39, 0.29) is 30.9 Å². The molecule has 0 spiro atoms. The number of hydrogen-bond donors (Lipinski definition) is 2. The molecule has 1 unspecified atom stereocenters. The molecule has 31 heavy (non-hydrogen) atoms. The summed E-state index contributed by atoms with van der Waals surface area (Å²) < 4.78 is 0. The fourth-order valence-electron chi connectivity index (χ4n) is 3.98. The zero-order valence-electron chi connectivity index (χ0n) is 17.7. The van der Waals surface area contributed by atoms with Crippen LogP contribution in [0.15, 0.2) is 65.9 Å². The molecule has 4 rings (SSSR count). The molecule has 2 aliphatic rings. The van der Waals surface area contributed by atoms with E-state index >= 15 is 0 Å². The molecule has 0 radical (unpaired) electrons. The Bertz CT molecular complexity index is 1030. The second-order valence-corrected chi connectivity index (χ2v) is 7.96. The van der Waals surface area contributed by atoms with Gasteiger partial charge in [0.25, 0.3) is 5.91 Å². The van der Waals surface area contributed by atoms with E-state index in [1.165, 1.54) is 9.80 Å². The van der Waals surface area contributed by atoms with Crippen molar-refractivity contribution in [1.82, 2.24) is 20.4 Å². The van der Waals surface area contributed by atoms with Crippen LogP contribution in [0.1, 0.15) is 22.7 Å². The molecule has 2 heterocycles. The molecule has 7 heteroatoms. The van der Waals surface area contributed by atoms with E-state index in [9.17, 15) is 14.4 Å². The molecule has 0 bridgehead atoms. The highest BCUT2D eigenvalue weighted by molar-refractivity contribution is 6.02. The van der Waals surface area contributed by atoms with Crippen molar-refractivity contribution in [1.29, 1.82) is 0 Å². The van der Waals surface area contributed by atoms with Gasteiger partial charge in [0.1, 0.15) is 6.54 Å². The largest absolute Gasteiger partial charge is 0.354 e. The fourth-order valence-corrected chi connectivity index (χ4v) is 3.98. The lowest BCUT2D eigenvalue weighted by Crippen LogP contribution is -2.45. The highest BCUT2D eigenvalue weighted by Crippen LogP contribution is 2.35. The number of hydrogen-bond acceptors (Lipinski definition) is 3. The standard InChI is InChI=1S/C24H26N4O3/c1-16-8-10-18(11-9-16)22-21-19(27(2)24(31)26-22)14-28(23(21)30)15-20(29)25-13-12-17-6-4-3-5-7-17/h3-11,22H,12-15H2,1-2H3,(H,25,29)(H,26,31). The maximum atomic E-state index is 13.2. The van der Waals surface area contributed by atoms with Crippen molar-refractivity contribution in [3.05, 3.63) is 82.6 Å². The van der Waals surface area contributed by atoms with Crippen LogP contribution in [0.2, 0.25) is 0 Å². The smallest absolute Gasteiger partial charge is 0.322 e. The fraction of sp³-hybridized carbons (Fsp3) is 0.292. The first-order chi connectivity index (χ1) is 14.9. The Kier molecular flexibility index (Phi) is 5.75. The molecule has 0 aliphatic carbocycles. The van der Waals surface area contributed by atoms with Crippen molar-refractivity contribution in [3.63, 3.8) is 0 Å². The van der Waals surface area contributed by atoms with Crippen molar-refractivity contribution in [2.45, 2.75) is 19.4 Å². The zero-order valence-corrected chi connectivity index (χ0v) is 17.7. The molecule has 7 nitrogen and oxygen atoms in total. The van der Waals surface area contributed by atoms with Crippen LogP contribution in [0.5, 0.6) is 0 Å². The number of carbonyl (C=O) groups is 3. The molecule has 160 valence electrons.